The second-order valence-corrected chi connectivity index (χ2v) is 7.70. The van der Waals surface area contributed by atoms with E-state index in [1.54, 1.807) is 17.2 Å². The molecule has 1 fully saturated rings. The molecule has 1 N–H and O–H groups in total. The van der Waals surface area contributed by atoms with E-state index in [0.29, 0.717) is 48.2 Å². The lowest BCUT2D eigenvalue weighted by molar-refractivity contribution is -0.137. The number of benzene rings is 1. The number of halogens is 1. The number of hydrogen-bond acceptors (Lipinski definition) is 6. The number of carbonyl (C=O) groups is 1. The highest BCUT2D eigenvalue weighted by Gasteiger charge is 2.42. The SMILES string of the molecule is C=CC(=O)N1CC(C(C)(C)Oc2nc(-c3ccc(O)c(F)c3)nc3c2C=NC3)C1. The van der Waals surface area contributed by atoms with Crippen LogP contribution in [0.2, 0.25) is 0 Å². The number of fused-ring (bicyclic) bond motifs is 1. The van der Waals surface area contributed by atoms with Crippen LogP contribution in [0, 0.1) is 11.7 Å². The van der Waals surface area contributed by atoms with Gasteiger partial charge in [-0.3, -0.25) is 9.79 Å². The number of nitrogens with zero attached hydrogens (tertiary/aromatic N) is 4. The monoisotopic (exact) mass is 396 g/mol. The van der Waals surface area contributed by atoms with Crippen molar-refractivity contribution in [1.82, 2.24) is 14.9 Å². The van der Waals surface area contributed by atoms with Gasteiger partial charge in [-0.25, -0.2) is 9.37 Å². The van der Waals surface area contributed by atoms with Crippen LogP contribution >= 0.6 is 0 Å². The predicted octanol–water partition coefficient (Wildman–Crippen LogP) is 2.72. The molecular formula is C21H21FN4O3. The van der Waals surface area contributed by atoms with E-state index in [2.05, 4.69) is 21.5 Å². The number of aromatic hydroxyl groups is 1. The third-order valence-electron chi connectivity index (χ3n) is 5.37. The summed E-state index contributed by atoms with van der Waals surface area (Å²) in [6.45, 7) is 8.97. The number of hydrogen-bond donors (Lipinski definition) is 1. The zero-order valence-corrected chi connectivity index (χ0v) is 16.2. The van der Waals surface area contributed by atoms with E-state index in [4.69, 9.17) is 4.74 Å². The summed E-state index contributed by atoms with van der Waals surface area (Å²) in [4.78, 5) is 26.7. The van der Waals surface area contributed by atoms with Crippen molar-refractivity contribution in [1.29, 1.82) is 0 Å². The van der Waals surface area contributed by atoms with E-state index < -0.39 is 17.2 Å². The second kappa shape index (κ2) is 6.95. The minimum Gasteiger partial charge on any atom is -0.505 e. The number of ether oxygens (including phenoxy) is 1. The molecule has 8 heteroatoms. The van der Waals surface area contributed by atoms with Crippen molar-refractivity contribution in [3.8, 4) is 23.0 Å². The number of aliphatic imine (C=N–C) groups is 1. The number of phenolic OH excluding ortho intramolecular Hbond substituents is 1. The third-order valence-corrected chi connectivity index (χ3v) is 5.37. The lowest BCUT2D eigenvalue weighted by atomic mass is 9.84. The molecule has 1 aromatic heterocycles. The molecule has 1 saturated heterocycles. The molecule has 29 heavy (non-hydrogen) atoms. The van der Waals surface area contributed by atoms with Gasteiger partial charge in [0, 0.05) is 30.8 Å². The van der Waals surface area contributed by atoms with Crippen molar-refractivity contribution >= 4 is 12.1 Å². The maximum atomic E-state index is 13.8. The van der Waals surface area contributed by atoms with Gasteiger partial charge in [-0.15, -0.1) is 0 Å². The first-order valence-electron chi connectivity index (χ1n) is 9.28. The minimum absolute atomic E-state index is 0.0937. The van der Waals surface area contributed by atoms with E-state index in [1.807, 2.05) is 13.8 Å². The lowest BCUT2D eigenvalue weighted by Gasteiger charge is -2.46. The van der Waals surface area contributed by atoms with Crippen LogP contribution in [0.15, 0.2) is 35.8 Å². The molecule has 0 radical (unpaired) electrons. The quantitative estimate of drug-likeness (QED) is 0.785. The van der Waals surface area contributed by atoms with Gasteiger partial charge in [0.2, 0.25) is 11.8 Å². The van der Waals surface area contributed by atoms with Gasteiger partial charge < -0.3 is 14.7 Å². The van der Waals surface area contributed by atoms with Crippen molar-refractivity contribution in [3.63, 3.8) is 0 Å². The van der Waals surface area contributed by atoms with E-state index >= 15 is 0 Å². The predicted molar refractivity (Wildman–Crippen MR) is 105 cm³/mol. The summed E-state index contributed by atoms with van der Waals surface area (Å²) in [5.74, 6) is -0.463. The molecule has 3 heterocycles. The highest BCUT2D eigenvalue weighted by atomic mass is 19.1. The normalized spacial score (nSPS) is 15.8. The smallest absolute Gasteiger partial charge is 0.245 e. The second-order valence-electron chi connectivity index (χ2n) is 7.70. The molecule has 0 spiro atoms. The number of likely N-dealkylation sites (tertiary alicyclic amines) is 1. The summed E-state index contributed by atoms with van der Waals surface area (Å²) in [7, 11) is 0. The van der Waals surface area contributed by atoms with Crippen LogP contribution in [0.4, 0.5) is 4.39 Å². The van der Waals surface area contributed by atoms with Crippen LogP contribution in [0.1, 0.15) is 25.1 Å². The molecule has 2 aliphatic heterocycles. The third kappa shape index (κ3) is 3.46. The van der Waals surface area contributed by atoms with Crippen LogP contribution in [-0.2, 0) is 11.3 Å². The van der Waals surface area contributed by atoms with Crippen molar-refractivity contribution in [3.05, 3.63) is 47.9 Å². The molecule has 150 valence electrons. The van der Waals surface area contributed by atoms with E-state index in [1.165, 1.54) is 18.2 Å². The first-order chi connectivity index (χ1) is 13.8. The summed E-state index contributed by atoms with van der Waals surface area (Å²) in [5.41, 5.74) is 1.25. The Hall–Kier alpha value is -3.29. The van der Waals surface area contributed by atoms with Crippen LogP contribution in [0.5, 0.6) is 11.6 Å². The first-order valence-corrected chi connectivity index (χ1v) is 9.28. The Morgan fingerprint density at radius 3 is 2.83 bits per heavy atom. The Morgan fingerprint density at radius 2 is 2.14 bits per heavy atom. The molecule has 0 atom stereocenters. The zero-order valence-electron chi connectivity index (χ0n) is 16.2. The molecular weight excluding hydrogens is 375 g/mol. The van der Waals surface area contributed by atoms with Gasteiger partial charge in [0.25, 0.3) is 0 Å². The summed E-state index contributed by atoms with van der Waals surface area (Å²) in [6.07, 6.45) is 2.98. The number of carbonyl (C=O) groups excluding carboxylic acids is 1. The fraction of sp³-hybridized carbons (Fsp3) is 0.333. The Morgan fingerprint density at radius 1 is 1.38 bits per heavy atom. The van der Waals surface area contributed by atoms with Crippen LogP contribution < -0.4 is 4.74 Å². The van der Waals surface area contributed by atoms with Gasteiger partial charge >= 0.3 is 0 Å². The average Bonchev–Trinajstić information content (AvgIpc) is 3.11. The molecule has 7 nitrogen and oxygen atoms in total. The van der Waals surface area contributed by atoms with Crippen LogP contribution in [0.25, 0.3) is 11.4 Å². The van der Waals surface area contributed by atoms with Gasteiger partial charge in [0.05, 0.1) is 17.8 Å². The molecule has 4 rings (SSSR count). The van der Waals surface area contributed by atoms with Gasteiger partial charge in [0.15, 0.2) is 17.4 Å². The van der Waals surface area contributed by atoms with Gasteiger partial charge in [0.1, 0.15) is 5.60 Å². The summed E-state index contributed by atoms with van der Waals surface area (Å²) >= 11 is 0. The van der Waals surface area contributed by atoms with Gasteiger partial charge in [-0.1, -0.05) is 6.58 Å². The first kappa shape index (κ1) is 19.0. The fourth-order valence-corrected chi connectivity index (χ4v) is 3.38. The van der Waals surface area contributed by atoms with E-state index in [9.17, 15) is 14.3 Å². The molecule has 0 unspecified atom stereocenters. The zero-order chi connectivity index (χ0) is 20.8. The minimum atomic E-state index is -0.743. The number of phenols is 1. The topological polar surface area (TPSA) is 87.9 Å². The van der Waals surface area contributed by atoms with Crippen LogP contribution in [-0.4, -0.2) is 50.8 Å². The fourth-order valence-electron chi connectivity index (χ4n) is 3.38. The number of rotatable bonds is 5. The summed E-state index contributed by atoms with van der Waals surface area (Å²) in [6, 6.07) is 4.00. The van der Waals surface area contributed by atoms with E-state index in [0.717, 1.165) is 0 Å². The van der Waals surface area contributed by atoms with Crippen molar-refractivity contribution in [2.45, 2.75) is 26.0 Å². The molecule has 0 aliphatic carbocycles. The molecule has 2 aromatic rings. The largest absolute Gasteiger partial charge is 0.505 e. The van der Waals surface area contributed by atoms with Crippen molar-refractivity contribution in [2.75, 3.05) is 13.1 Å². The highest BCUT2D eigenvalue weighted by Crippen LogP contribution is 2.35. The average molecular weight is 396 g/mol. The Kier molecular flexibility index (Phi) is 4.56. The maximum Gasteiger partial charge on any atom is 0.245 e. The summed E-state index contributed by atoms with van der Waals surface area (Å²) < 4.78 is 20.1. The van der Waals surface area contributed by atoms with Crippen LogP contribution in [0.3, 0.4) is 0 Å². The number of aromatic nitrogens is 2. The Labute approximate surface area is 167 Å². The lowest BCUT2D eigenvalue weighted by Crippen LogP contribution is -2.59. The van der Waals surface area contributed by atoms with E-state index in [-0.39, 0.29) is 11.8 Å². The Bertz CT molecular complexity index is 1030. The summed E-state index contributed by atoms with van der Waals surface area (Å²) in [5, 5.41) is 9.43. The molecule has 1 amide bonds. The maximum absolute atomic E-state index is 13.8. The van der Waals surface area contributed by atoms with Crippen molar-refractivity contribution < 1.29 is 19.0 Å². The van der Waals surface area contributed by atoms with Crippen molar-refractivity contribution in [2.24, 2.45) is 10.9 Å². The Balaban J connectivity index is 1.62. The van der Waals surface area contributed by atoms with Gasteiger partial charge in [-0.2, -0.15) is 4.98 Å². The number of amides is 1. The standard InChI is InChI=1S/C21H21FN4O3/c1-4-18(28)26-10-13(11-26)21(2,3)29-20-14-8-23-9-16(14)24-19(25-20)12-5-6-17(27)15(22)7-12/h4-8,13,27H,1,9-11H2,2-3H3. The molecule has 1 aromatic carbocycles. The molecule has 2 aliphatic rings. The van der Waals surface area contributed by atoms with Gasteiger partial charge in [-0.05, 0) is 38.1 Å². The molecule has 0 bridgehead atoms. The molecule has 0 saturated carbocycles. The highest BCUT2D eigenvalue weighted by molar-refractivity contribution is 5.88.